The van der Waals surface area contributed by atoms with Crippen molar-refractivity contribution in [1.82, 2.24) is 19.6 Å². The van der Waals surface area contributed by atoms with Crippen molar-refractivity contribution in [1.29, 1.82) is 0 Å². The van der Waals surface area contributed by atoms with E-state index in [1.807, 2.05) is 15.6 Å². The van der Waals surface area contributed by atoms with Crippen molar-refractivity contribution in [3.63, 3.8) is 0 Å². The number of ether oxygens (including phenoxy) is 1. The Morgan fingerprint density at radius 1 is 1.32 bits per heavy atom. The summed E-state index contributed by atoms with van der Waals surface area (Å²) in [5.41, 5.74) is 0.956. The van der Waals surface area contributed by atoms with Crippen LogP contribution in [0.25, 0.3) is 0 Å². The summed E-state index contributed by atoms with van der Waals surface area (Å²) in [6.45, 7) is 5.45. The Balaban J connectivity index is 1.53. The Kier molecular flexibility index (Phi) is 4.27. The van der Waals surface area contributed by atoms with E-state index in [0.29, 0.717) is 19.3 Å². The molecular weight excluding hydrogens is 320 g/mol. The highest BCUT2D eigenvalue weighted by molar-refractivity contribution is 5.89. The zero-order chi connectivity index (χ0) is 17.6. The van der Waals surface area contributed by atoms with Gasteiger partial charge in [0.1, 0.15) is 12.6 Å². The number of amides is 2. The second kappa shape index (κ2) is 6.44. The van der Waals surface area contributed by atoms with E-state index in [1.165, 1.54) is 0 Å². The first-order valence-corrected chi connectivity index (χ1v) is 9.29. The monoisotopic (exact) mass is 346 g/mol. The van der Waals surface area contributed by atoms with E-state index in [9.17, 15) is 9.59 Å². The molecule has 0 aromatic carbocycles. The molecule has 3 heterocycles. The van der Waals surface area contributed by atoms with Crippen molar-refractivity contribution in [3.05, 3.63) is 18.0 Å². The van der Waals surface area contributed by atoms with Crippen LogP contribution in [-0.4, -0.2) is 57.3 Å². The van der Waals surface area contributed by atoms with Gasteiger partial charge >= 0.3 is 0 Å². The van der Waals surface area contributed by atoms with Crippen LogP contribution in [0.15, 0.2) is 12.3 Å². The summed E-state index contributed by atoms with van der Waals surface area (Å²) in [5.74, 6) is -0.121. The summed E-state index contributed by atoms with van der Waals surface area (Å²) in [5, 5.41) is 4.39. The summed E-state index contributed by atoms with van der Waals surface area (Å²) >= 11 is 0. The first-order valence-electron chi connectivity index (χ1n) is 9.29. The molecule has 0 bridgehead atoms. The van der Waals surface area contributed by atoms with Crippen LogP contribution in [0.1, 0.15) is 57.4 Å². The van der Waals surface area contributed by atoms with Gasteiger partial charge in [0, 0.05) is 24.9 Å². The molecule has 0 unspecified atom stereocenters. The number of hydrogen-bond donors (Lipinski definition) is 0. The van der Waals surface area contributed by atoms with Crippen molar-refractivity contribution in [2.75, 3.05) is 19.8 Å². The molecule has 4 rings (SSSR count). The van der Waals surface area contributed by atoms with Gasteiger partial charge in [-0.3, -0.25) is 14.3 Å². The molecule has 7 nitrogen and oxygen atoms in total. The Morgan fingerprint density at radius 3 is 2.84 bits per heavy atom. The molecule has 1 saturated carbocycles. The summed E-state index contributed by atoms with van der Waals surface area (Å²) in [6, 6.07) is 2.51. The van der Waals surface area contributed by atoms with Crippen LogP contribution in [-0.2, 0) is 14.3 Å². The van der Waals surface area contributed by atoms with Gasteiger partial charge in [0.25, 0.3) is 0 Å². The maximum Gasteiger partial charge on any atom is 0.243 e. The SMILES string of the molecule is CC(C)n1nccc1[C@@H]1OCCC[C@H]1C(=O)N1CC(=O)N(C2CC2)C1. The third-order valence-electron chi connectivity index (χ3n) is 5.39. The van der Waals surface area contributed by atoms with Crippen LogP contribution in [0.2, 0.25) is 0 Å². The maximum absolute atomic E-state index is 13.2. The molecule has 7 heteroatoms. The first-order chi connectivity index (χ1) is 12.1. The molecule has 2 amide bonds. The molecule has 2 aliphatic heterocycles. The summed E-state index contributed by atoms with van der Waals surface area (Å²) < 4.78 is 7.95. The minimum Gasteiger partial charge on any atom is -0.371 e. The highest BCUT2D eigenvalue weighted by Crippen LogP contribution is 2.37. The lowest BCUT2D eigenvalue weighted by atomic mass is 9.90. The lowest BCUT2D eigenvalue weighted by Gasteiger charge is -2.33. The van der Waals surface area contributed by atoms with Crippen LogP contribution in [0.3, 0.4) is 0 Å². The van der Waals surface area contributed by atoms with Gasteiger partial charge in [-0.2, -0.15) is 5.10 Å². The second-order valence-corrected chi connectivity index (χ2v) is 7.61. The Labute approximate surface area is 147 Å². The molecule has 1 aliphatic carbocycles. The molecular formula is C18H26N4O3. The zero-order valence-corrected chi connectivity index (χ0v) is 14.9. The highest BCUT2D eigenvalue weighted by atomic mass is 16.5. The molecule has 136 valence electrons. The maximum atomic E-state index is 13.2. The second-order valence-electron chi connectivity index (χ2n) is 7.61. The van der Waals surface area contributed by atoms with Crippen LogP contribution in [0.4, 0.5) is 0 Å². The first kappa shape index (κ1) is 16.6. The van der Waals surface area contributed by atoms with Crippen molar-refractivity contribution in [3.8, 4) is 0 Å². The van der Waals surface area contributed by atoms with E-state index in [-0.39, 0.29) is 36.4 Å². The average molecular weight is 346 g/mol. The molecule has 0 spiro atoms. The van der Waals surface area contributed by atoms with E-state index < -0.39 is 0 Å². The minimum atomic E-state index is -0.281. The Hall–Kier alpha value is -1.89. The van der Waals surface area contributed by atoms with Crippen LogP contribution >= 0.6 is 0 Å². The quantitative estimate of drug-likeness (QED) is 0.832. The Bertz CT molecular complexity index is 667. The van der Waals surface area contributed by atoms with Crippen molar-refractivity contribution in [2.45, 2.75) is 57.7 Å². The van der Waals surface area contributed by atoms with E-state index >= 15 is 0 Å². The fourth-order valence-corrected chi connectivity index (χ4v) is 3.96. The summed E-state index contributed by atoms with van der Waals surface area (Å²) in [7, 11) is 0. The van der Waals surface area contributed by atoms with Gasteiger partial charge in [0.05, 0.1) is 18.3 Å². The van der Waals surface area contributed by atoms with Crippen LogP contribution in [0, 0.1) is 5.92 Å². The summed E-state index contributed by atoms with van der Waals surface area (Å²) in [4.78, 5) is 28.9. The molecule has 2 saturated heterocycles. The molecule has 1 aromatic heterocycles. The predicted molar refractivity (Wildman–Crippen MR) is 90.5 cm³/mol. The average Bonchev–Trinajstić information content (AvgIpc) is 3.18. The topological polar surface area (TPSA) is 67.7 Å². The molecule has 0 radical (unpaired) electrons. The standard InChI is InChI=1S/C18H26N4O3/c1-12(2)22-15(7-8-19-22)17-14(4-3-9-25-17)18(24)20-10-16(23)21(11-20)13-5-6-13/h7-8,12-14,17H,3-6,9-11H2,1-2H3/t14-,17-/m1/s1. The number of carbonyl (C=O) groups is 2. The van der Waals surface area contributed by atoms with Gasteiger partial charge in [-0.25, -0.2) is 0 Å². The predicted octanol–water partition coefficient (Wildman–Crippen LogP) is 1.72. The number of aromatic nitrogens is 2. The number of rotatable bonds is 4. The van der Waals surface area contributed by atoms with Gasteiger partial charge in [-0.15, -0.1) is 0 Å². The number of hydrogen-bond acceptors (Lipinski definition) is 4. The highest BCUT2D eigenvalue weighted by Gasteiger charge is 2.44. The lowest BCUT2D eigenvalue weighted by Crippen LogP contribution is -2.41. The smallest absolute Gasteiger partial charge is 0.243 e. The van der Waals surface area contributed by atoms with E-state index in [0.717, 1.165) is 31.4 Å². The van der Waals surface area contributed by atoms with Gasteiger partial charge < -0.3 is 14.5 Å². The van der Waals surface area contributed by atoms with Gasteiger partial charge in [-0.1, -0.05) is 0 Å². The third kappa shape index (κ3) is 3.05. The third-order valence-corrected chi connectivity index (χ3v) is 5.39. The van der Waals surface area contributed by atoms with Crippen LogP contribution < -0.4 is 0 Å². The fourth-order valence-electron chi connectivity index (χ4n) is 3.96. The molecule has 3 aliphatic rings. The molecule has 3 fully saturated rings. The van der Waals surface area contributed by atoms with Crippen molar-refractivity contribution < 1.29 is 14.3 Å². The van der Waals surface area contributed by atoms with Crippen LogP contribution in [0.5, 0.6) is 0 Å². The molecule has 25 heavy (non-hydrogen) atoms. The largest absolute Gasteiger partial charge is 0.371 e. The molecule has 1 aromatic rings. The van der Waals surface area contributed by atoms with E-state index in [1.54, 1.807) is 11.1 Å². The fraction of sp³-hybridized carbons (Fsp3) is 0.722. The molecule has 0 N–H and O–H groups in total. The van der Waals surface area contributed by atoms with Crippen molar-refractivity contribution >= 4 is 11.8 Å². The van der Waals surface area contributed by atoms with E-state index in [2.05, 4.69) is 18.9 Å². The van der Waals surface area contributed by atoms with Crippen molar-refractivity contribution in [2.24, 2.45) is 5.92 Å². The van der Waals surface area contributed by atoms with Gasteiger partial charge in [0.15, 0.2) is 0 Å². The normalized spacial score (nSPS) is 27.4. The van der Waals surface area contributed by atoms with Gasteiger partial charge in [-0.05, 0) is 45.6 Å². The number of carbonyl (C=O) groups excluding carboxylic acids is 2. The van der Waals surface area contributed by atoms with E-state index in [4.69, 9.17) is 4.74 Å². The molecule has 2 atom stereocenters. The lowest BCUT2D eigenvalue weighted by molar-refractivity contribution is -0.145. The van der Waals surface area contributed by atoms with Gasteiger partial charge in [0.2, 0.25) is 11.8 Å². The summed E-state index contributed by atoms with van der Waals surface area (Å²) in [6.07, 6.45) is 5.28. The minimum absolute atomic E-state index is 0.0395. The zero-order valence-electron chi connectivity index (χ0n) is 14.9. The number of nitrogens with zero attached hydrogens (tertiary/aromatic N) is 4. The Morgan fingerprint density at radius 2 is 2.12 bits per heavy atom.